The molecule has 1 aliphatic carbocycles. The van der Waals surface area contributed by atoms with Crippen LogP contribution in [-0.4, -0.2) is 43.8 Å². The summed E-state index contributed by atoms with van der Waals surface area (Å²) in [6.07, 6.45) is -2.88. The van der Waals surface area contributed by atoms with Gasteiger partial charge in [-0.25, -0.2) is 8.42 Å². The molecule has 6 nitrogen and oxygen atoms in total. The Morgan fingerprint density at radius 3 is 2.60 bits per heavy atom. The number of nitrogens with two attached hydrogens (primary N) is 1. The molecule has 1 aromatic carbocycles. The topological polar surface area (TPSA) is 92.5 Å². The van der Waals surface area contributed by atoms with Gasteiger partial charge in [-0.05, 0) is 48.8 Å². The molecule has 1 aliphatic heterocycles. The molecule has 2 aliphatic rings. The van der Waals surface area contributed by atoms with Gasteiger partial charge in [0, 0.05) is 31.6 Å². The van der Waals surface area contributed by atoms with Crippen LogP contribution in [0.15, 0.2) is 29.2 Å². The molecule has 2 fully saturated rings. The summed E-state index contributed by atoms with van der Waals surface area (Å²) < 4.78 is 66.1. The van der Waals surface area contributed by atoms with Crippen molar-refractivity contribution < 1.29 is 26.4 Å². The molecule has 1 saturated carbocycles. The largest absolute Gasteiger partial charge is 0.416 e. The first-order valence-corrected chi connectivity index (χ1v) is 11.6. The number of carbonyl (C=O) groups excluding carboxylic acids is 1. The first-order valence-electron chi connectivity index (χ1n) is 10.1. The van der Waals surface area contributed by atoms with Gasteiger partial charge in [0.15, 0.2) is 0 Å². The normalized spacial score (nSPS) is 26.0. The second-order valence-electron chi connectivity index (χ2n) is 8.63. The van der Waals surface area contributed by atoms with E-state index in [2.05, 4.69) is 5.32 Å². The zero-order chi connectivity index (χ0) is 22.3. The number of alkyl halides is 3. The number of benzene rings is 1. The number of halogens is 3. The Morgan fingerprint density at radius 2 is 1.97 bits per heavy atom. The number of amides is 1. The Kier molecular flexibility index (Phi) is 6.50. The quantitative estimate of drug-likeness (QED) is 0.701. The molecular formula is C20H28F3N3O3S. The number of hydrogen-bond acceptors (Lipinski definition) is 4. The van der Waals surface area contributed by atoms with Crippen LogP contribution in [0.4, 0.5) is 13.2 Å². The number of nitrogens with one attached hydrogen (secondary N) is 1. The first-order chi connectivity index (χ1) is 13.9. The summed E-state index contributed by atoms with van der Waals surface area (Å²) in [5.41, 5.74) is 4.97. The molecule has 1 unspecified atom stereocenters. The van der Waals surface area contributed by atoms with Crippen LogP contribution in [0.2, 0.25) is 0 Å². The smallest absolute Gasteiger partial charge is 0.353 e. The highest BCUT2D eigenvalue weighted by atomic mass is 32.2. The minimum absolute atomic E-state index is 0.0511. The third-order valence-corrected chi connectivity index (χ3v) is 8.07. The van der Waals surface area contributed by atoms with Crippen molar-refractivity contribution in [3.63, 3.8) is 0 Å². The maximum absolute atomic E-state index is 13.0. The Morgan fingerprint density at radius 1 is 1.27 bits per heavy atom. The summed E-state index contributed by atoms with van der Waals surface area (Å²) in [5.74, 6) is 0.0483. The maximum atomic E-state index is 13.0. The number of hydrogen-bond donors (Lipinski definition) is 2. The van der Waals surface area contributed by atoms with Gasteiger partial charge in [-0.1, -0.05) is 19.9 Å². The van der Waals surface area contributed by atoms with Crippen LogP contribution in [0.3, 0.4) is 0 Å². The van der Waals surface area contributed by atoms with E-state index in [1.54, 1.807) is 0 Å². The van der Waals surface area contributed by atoms with E-state index < -0.39 is 21.8 Å². The lowest BCUT2D eigenvalue weighted by atomic mass is 9.97. The predicted molar refractivity (Wildman–Crippen MR) is 106 cm³/mol. The lowest BCUT2D eigenvalue weighted by molar-refractivity contribution is -0.137. The first kappa shape index (κ1) is 23.0. The van der Waals surface area contributed by atoms with E-state index in [4.69, 9.17) is 5.73 Å². The lowest BCUT2D eigenvalue weighted by Gasteiger charge is -2.23. The van der Waals surface area contributed by atoms with Gasteiger partial charge in [0.2, 0.25) is 15.9 Å². The summed E-state index contributed by atoms with van der Waals surface area (Å²) in [5, 5.41) is 2.99. The fraction of sp³-hybridized carbons (Fsp3) is 0.650. The number of carbonyl (C=O) groups is 1. The van der Waals surface area contributed by atoms with Crippen LogP contribution >= 0.6 is 0 Å². The van der Waals surface area contributed by atoms with Gasteiger partial charge in [-0.3, -0.25) is 4.79 Å². The number of sulfonamides is 1. The zero-order valence-corrected chi connectivity index (χ0v) is 17.8. The summed E-state index contributed by atoms with van der Waals surface area (Å²) in [6.45, 7) is 4.32. The summed E-state index contributed by atoms with van der Waals surface area (Å²) >= 11 is 0. The third-order valence-electron chi connectivity index (χ3n) is 6.25. The highest BCUT2D eigenvalue weighted by Crippen LogP contribution is 2.40. The van der Waals surface area contributed by atoms with E-state index in [1.807, 2.05) is 13.8 Å². The number of nitrogens with zero attached hydrogens (tertiary/aromatic N) is 1. The number of fused-ring (bicyclic) bond motifs is 1. The van der Waals surface area contributed by atoms with Crippen molar-refractivity contribution in [1.29, 1.82) is 0 Å². The molecule has 1 aromatic rings. The molecule has 168 valence electrons. The van der Waals surface area contributed by atoms with Gasteiger partial charge < -0.3 is 11.1 Å². The van der Waals surface area contributed by atoms with Crippen molar-refractivity contribution >= 4 is 15.9 Å². The van der Waals surface area contributed by atoms with Crippen molar-refractivity contribution in [1.82, 2.24) is 9.62 Å². The third kappa shape index (κ3) is 4.81. The van der Waals surface area contributed by atoms with E-state index in [-0.39, 0.29) is 60.2 Å². The van der Waals surface area contributed by atoms with Crippen molar-refractivity contribution in [2.45, 2.75) is 56.3 Å². The van der Waals surface area contributed by atoms with E-state index in [9.17, 15) is 26.4 Å². The Hall–Kier alpha value is -1.65. The van der Waals surface area contributed by atoms with Crippen LogP contribution in [-0.2, 0) is 21.0 Å². The molecule has 1 saturated heterocycles. The highest BCUT2D eigenvalue weighted by molar-refractivity contribution is 7.89. The monoisotopic (exact) mass is 447 g/mol. The molecule has 30 heavy (non-hydrogen) atoms. The Bertz CT molecular complexity index is 889. The lowest BCUT2D eigenvalue weighted by Crippen LogP contribution is -2.43. The van der Waals surface area contributed by atoms with Gasteiger partial charge in [-0.2, -0.15) is 17.5 Å². The molecule has 4 atom stereocenters. The minimum atomic E-state index is -4.61. The van der Waals surface area contributed by atoms with Gasteiger partial charge in [-0.15, -0.1) is 0 Å². The molecular weight excluding hydrogens is 419 g/mol. The molecule has 1 amide bonds. The molecule has 0 bridgehead atoms. The predicted octanol–water partition coefficient (Wildman–Crippen LogP) is 2.59. The van der Waals surface area contributed by atoms with Crippen molar-refractivity contribution in [3.8, 4) is 0 Å². The van der Waals surface area contributed by atoms with Gasteiger partial charge in [0.1, 0.15) is 0 Å². The average Bonchev–Trinajstić information content (AvgIpc) is 3.23. The standard InChI is InChI=1S/C20H28F3N3O3S/c1-12(2)17(24)9-19(27)25-18-7-6-13-10-26(11-16(13)18)30(28,29)15-5-3-4-14(8-15)20(21,22)23/h3-5,8,12-13,16-18H,6-7,9-11,24H2,1-2H3,(H,25,27)/t13-,16+,17?,18+/m1/s1. The van der Waals surface area contributed by atoms with Gasteiger partial charge in [0.25, 0.3) is 0 Å². The molecule has 0 aromatic heterocycles. The molecule has 0 spiro atoms. The Labute approximate surface area is 175 Å². The summed E-state index contributed by atoms with van der Waals surface area (Å²) in [6, 6.07) is 3.42. The Balaban J connectivity index is 1.69. The van der Waals surface area contributed by atoms with E-state index >= 15 is 0 Å². The second-order valence-corrected chi connectivity index (χ2v) is 10.6. The zero-order valence-electron chi connectivity index (χ0n) is 17.0. The van der Waals surface area contributed by atoms with Crippen LogP contribution in [0, 0.1) is 17.8 Å². The molecule has 1 heterocycles. The summed E-state index contributed by atoms with van der Waals surface area (Å²) in [7, 11) is -4.05. The van der Waals surface area contributed by atoms with E-state index in [0.717, 1.165) is 25.0 Å². The average molecular weight is 448 g/mol. The molecule has 3 rings (SSSR count). The van der Waals surface area contributed by atoms with Gasteiger partial charge >= 0.3 is 6.18 Å². The minimum Gasteiger partial charge on any atom is -0.353 e. The van der Waals surface area contributed by atoms with Crippen molar-refractivity contribution in [2.24, 2.45) is 23.5 Å². The fourth-order valence-electron chi connectivity index (χ4n) is 4.30. The van der Waals surface area contributed by atoms with Gasteiger partial charge in [0.05, 0.1) is 10.5 Å². The SMILES string of the molecule is CC(C)C(N)CC(=O)N[C@H]1CC[C@@H]2CN(S(=O)(=O)c3cccc(C(F)(F)F)c3)C[C@@H]21. The molecule has 0 radical (unpaired) electrons. The van der Waals surface area contributed by atoms with Crippen LogP contribution in [0.1, 0.15) is 38.7 Å². The molecule has 10 heteroatoms. The van der Waals surface area contributed by atoms with Crippen molar-refractivity contribution in [3.05, 3.63) is 29.8 Å². The second kappa shape index (κ2) is 8.47. The summed E-state index contributed by atoms with van der Waals surface area (Å²) in [4.78, 5) is 11.9. The maximum Gasteiger partial charge on any atom is 0.416 e. The van der Waals surface area contributed by atoms with Crippen LogP contribution in [0.5, 0.6) is 0 Å². The van der Waals surface area contributed by atoms with E-state index in [1.165, 1.54) is 10.4 Å². The number of rotatable bonds is 6. The van der Waals surface area contributed by atoms with E-state index in [0.29, 0.717) is 6.07 Å². The van der Waals surface area contributed by atoms with Crippen LogP contribution in [0.25, 0.3) is 0 Å². The van der Waals surface area contributed by atoms with Crippen LogP contribution < -0.4 is 11.1 Å². The highest BCUT2D eigenvalue weighted by Gasteiger charge is 2.47. The van der Waals surface area contributed by atoms with Crippen molar-refractivity contribution in [2.75, 3.05) is 13.1 Å². The molecule has 3 N–H and O–H groups in total. The fourth-order valence-corrected chi connectivity index (χ4v) is 5.88.